The maximum atomic E-state index is 12.7. The Bertz CT molecular complexity index is 754. The number of carbonyl (C=O) groups is 1. The summed E-state index contributed by atoms with van der Waals surface area (Å²) >= 11 is 0. The highest BCUT2D eigenvalue weighted by Crippen LogP contribution is 2.33. The van der Waals surface area contributed by atoms with Crippen LogP contribution in [-0.4, -0.2) is 32.6 Å². The van der Waals surface area contributed by atoms with Gasteiger partial charge in [0.25, 0.3) is 0 Å². The number of oxazole rings is 1. The van der Waals surface area contributed by atoms with Crippen LogP contribution in [0.3, 0.4) is 0 Å². The fraction of sp³-hybridized carbons (Fsp3) is 0.632. The van der Waals surface area contributed by atoms with Crippen LogP contribution in [0.25, 0.3) is 0 Å². The van der Waals surface area contributed by atoms with Gasteiger partial charge in [0.2, 0.25) is 5.91 Å². The number of hydrogen-bond acceptors (Lipinski definition) is 4. The highest BCUT2D eigenvalue weighted by atomic mass is 16.4. The number of aryl methyl sites for hydroxylation is 2. The number of carbonyl (C=O) groups excluding carboxylic acids is 1. The Labute approximate surface area is 149 Å². The highest BCUT2D eigenvalue weighted by Gasteiger charge is 2.29. The summed E-state index contributed by atoms with van der Waals surface area (Å²) in [7, 11) is 3.86. The first-order chi connectivity index (χ1) is 11.8. The summed E-state index contributed by atoms with van der Waals surface area (Å²) < 4.78 is 7.72. The van der Waals surface area contributed by atoms with Crippen LogP contribution in [0.5, 0.6) is 0 Å². The van der Waals surface area contributed by atoms with Gasteiger partial charge < -0.3 is 9.32 Å². The molecule has 0 saturated heterocycles. The second-order valence-corrected chi connectivity index (χ2v) is 7.95. The average Bonchev–Trinajstić information content (AvgIpc) is 3.19. The summed E-state index contributed by atoms with van der Waals surface area (Å²) in [5.74, 6) is 1.62. The number of hydrogen-bond donors (Lipinski definition) is 0. The summed E-state index contributed by atoms with van der Waals surface area (Å²) in [6.07, 6.45) is 7.74. The Kier molecular flexibility index (Phi) is 4.71. The van der Waals surface area contributed by atoms with E-state index in [1.165, 1.54) is 11.3 Å². The first-order valence-corrected chi connectivity index (χ1v) is 8.99. The van der Waals surface area contributed by atoms with Gasteiger partial charge >= 0.3 is 0 Å². The molecule has 0 aromatic carbocycles. The van der Waals surface area contributed by atoms with Gasteiger partial charge in [0.15, 0.2) is 5.89 Å². The van der Waals surface area contributed by atoms with Crippen LogP contribution in [0, 0.1) is 0 Å². The third kappa shape index (κ3) is 3.62. The molecule has 3 rings (SSSR count). The minimum atomic E-state index is -0.0646. The van der Waals surface area contributed by atoms with Crippen LogP contribution < -0.4 is 0 Å². The molecule has 0 saturated carbocycles. The monoisotopic (exact) mass is 344 g/mol. The maximum Gasteiger partial charge on any atom is 0.223 e. The molecule has 2 heterocycles. The lowest BCUT2D eigenvalue weighted by Crippen LogP contribution is -2.33. The molecule has 0 spiro atoms. The molecule has 6 heteroatoms. The lowest BCUT2D eigenvalue weighted by molar-refractivity contribution is -0.132. The number of amides is 1. The van der Waals surface area contributed by atoms with Crippen molar-refractivity contribution in [3.63, 3.8) is 0 Å². The zero-order valence-electron chi connectivity index (χ0n) is 15.9. The molecule has 0 bridgehead atoms. The van der Waals surface area contributed by atoms with E-state index in [2.05, 4.69) is 30.9 Å². The second kappa shape index (κ2) is 6.65. The van der Waals surface area contributed by atoms with Gasteiger partial charge in [-0.2, -0.15) is 5.10 Å². The van der Waals surface area contributed by atoms with Crippen molar-refractivity contribution in [3.05, 3.63) is 35.3 Å². The van der Waals surface area contributed by atoms with Crippen molar-refractivity contribution in [3.8, 4) is 0 Å². The van der Waals surface area contributed by atoms with Crippen molar-refractivity contribution in [2.45, 2.75) is 64.3 Å². The predicted octanol–water partition coefficient (Wildman–Crippen LogP) is 3.17. The normalized spacial score (nSPS) is 17.4. The number of fused-ring (bicyclic) bond motifs is 1. The molecular weight excluding hydrogens is 316 g/mol. The average molecular weight is 344 g/mol. The van der Waals surface area contributed by atoms with Crippen molar-refractivity contribution in [2.75, 3.05) is 7.05 Å². The topological polar surface area (TPSA) is 64.2 Å². The number of nitrogens with zero attached hydrogens (tertiary/aromatic N) is 4. The van der Waals surface area contributed by atoms with E-state index in [0.717, 1.165) is 25.0 Å². The molecule has 0 aliphatic heterocycles. The highest BCUT2D eigenvalue weighted by molar-refractivity contribution is 5.76. The molecule has 1 aliphatic rings. The van der Waals surface area contributed by atoms with E-state index in [1.54, 1.807) is 6.20 Å². The molecule has 2 aromatic rings. The van der Waals surface area contributed by atoms with Crippen LogP contribution in [-0.2, 0) is 30.1 Å². The molecule has 0 N–H and O–H groups in total. The van der Waals surface area contributed by atoms with Crippen molar-refractivity contribution >= 4 is 5.91 Å². The second-order valence-electron chi connectivity index (χ2n) is 7.95. The molecule has 25 heavy (non-hydrogen) atoms. The Morgan fingerprint density at radius 3 is 2.84 bits per heavy atom. The standard InChI is InChI=1S/C19H28N4O2/c1-19(2,3)16-12-20-17(25-16)9-10-18(24)22(4)14-7-6-8-15-13(14)11-21-23(15)5/h11-12,14H,6-10H2,1-5H3/t14-/m1/s1. The Morgan fingerprint density at radius 2 is 2.16 bits per heavy atom. The van der Waals surface area contributed by atoms with Crippen LogP contribution in [0.2, 0.25) is 0 Å². The molecule has 1 atom stereocenters. The molecule has 0 unspecified atom stereocenters. The van der Waals surface area contributed by atoms with Crippen LogP contribution >= 0.6 is 0 Å². The van der Waals surface area contributed by atoms with Gasteiger partial charge in [-0.3, -0.25) is 9.48 Å². The molecule has 1 amide bonds. The van der Waals surface area contributed by atoms with Crippen LogP contribution in [0.15, 0.2) is 16.8 Å². The van der Waals surface area contributed by atoms with Crippen LogP contribution in [0.1, 0.15) is 69.0 Å². The smallest absolute Gasteiger partial charge is 0.223 e. The number of rotatable bonds is 4. The van der Waals surface area contributed by atoms with Gasteiger partial charge in [-0.05, 0) is 19.3 Å². The molecular formula is C19H28N4O2. The van der Waals surface area contributed by atoms with Gasteiger partial charge in [-0.15, -0.1) is 0 Å². The zero-order valence-corrected chi connectivity index (χ0v) is 15.9. The Hall–Kier alpha value is -2.11. The minimum absolute atomic E-state index is 0.0646. The number of aromatic nitrogens is 3. The van der Waals surface area contributed by atoms with E-state index in [9.17, 15) is 4.79 Å². The SMILES string of the molecule is CN(C(=O)CCc1ncc(C(C)(C)C)o1)[C@@H]1CCCc2c1cnn2C. The fourth-order valence-electron chi connectivity index (χ4n) is 3.42. The van der Waals surface area contributed by atoms with Gasteiger partial charge in [-0.1, -0.05) is 20.8 Å². The lowest BCUT2D eigenvalue weighted by atomic mass is 9.92. The van der Waals surface area contributed by atoms with Gasteiger partial charge in [0.1, 0.15) is 5.76 Å². The third-order valence-electron chi connectivity index (χ3n) is 5.05. The van der Waals surface area contributed by atoms with E-state index in [0.29, 0.717) is 18.7 Å². The summed E-state index contributed by atoms with van der Waals surface area (Å²) in [5, 5.41) is 4.36. The Balaban J connectivity index is 1.63. The van der Waals surface area contributed by atoms with Crippen molar-refractivity contribution in [1.29, 1.82) is 0 Å². The summed E-state index contributed by atoms with van der Waals surface area (Å²) in [6.45, 7) is 6.26. The largest absolute Gasteiger partial charge is 0.445 e. The van der Waals surface area contributed by atoms with E-state index < -0.39 is 0 Å². The molecule has 0 fully saturated rings. The van der Waals surface area contributed by atoms with Crippen molar-refractivity contribution in [1.82, 2.24) is 19.7 Å². The molecule has 6 nitrogen and oxygen atoms in total. The quantitative estimate of drug-likeness (QED) is 0.854. The fourth-order valence-corrected chi connectivity index (χ4v) is 3.42. The molecule has 0 radical (unpaired) electrons. The lowest BCUT2D eigenvalue weighted by Gasteiger charge is -2.31. The summed E-state index contributed by atoms with van der Waals surface area (Å²) in [4.78, 5) is 18.8. The Morgan fingerprint density at radius 1 is 1.40 bits per heavy atom. The van der Waals surface area contributed by atoms with E-state index in [1.807, 2.05) is 29.9 Å². The molecule has 2 aromatic heterocycles. The van der Waals surface area contributed by atoms with E-state index in [4.69, 9.17) is 4.42 Å². The van der Waals surface area contributed by atoms with E-state index >= 15 is 0 Å². The van der Waals surface area contributed by atoms with Crippen molar-refractivity contribution in [2.24, 2.45) is 7.05 Å². The van der Waals surface area contributed by atoms with Crippen LogP contribution in [0.4, 0.5) is 0 Å². The predicted molar refractivity (Wildman–Crippen MR) is 95.2 cm³/mol. The third-order valence-corrected chi connectivity index (χ3v) is 5.05. The molecule has 136 valence electrons. The van der Waals surface area contributed by atoms with E-state index in [-0.39, 0.29) is 17.4 Å². The van der Waals surface area contributed by atoms with Gasteiger partial charge in [0, 0.05) is 43.6 Å². The summed E-state index contributed by atoms with van der Waals surface area (Å²) in [5.41, 5.74) is 2.37. The zero-order chi connectivity index (χ0) is 18.2. The van der Waals surface area contributed by atoms with Crippen molar-refractivity contribution < 1.29 is 9.21 Å². The minimum Gasteiger partial charge on any atom is -0.445 e. The van der Waals surface area contributed by atoms with Gasteiger partial charge in [-0.25, -0.2) is 4.98 Å². The maximum absolute atomic E-state index is 12.7. The first-order valence-electron chi connectivity index (χ1n) is 8.99. The first kappa shape index (κ1) is 17.7. The molecule has 1 aliphatic carbocycles. The van der Waals surface area contributed by atoms with Gasteiger partial charge in [0.05, 0.1) is 18.4 Å². The summed E-state index contributed by atoms with van der Waals surface area (Å²) in [6, 6.07) is 0.125.